The summed E-state index contributed by atoms with van der Waals surface area (Å²) in [6.45, 7) is 9.73. The molecule has 2 aromatic heterocycles. The summed E-state index contributed by atoms with van der Waals surface area (Å²) in [5, 5.41) is 4.12. The van der Waals surface area contributed by atoms with E-state index in [1.54, 1.807) is 0 Å². The summed E-state index contributed by atoms with van der Waals surface area (Å²) in [6, 6.07) is 15.9. The number of nitrogen functional groups attached to an aromatic ring is 1. The van der Waals surface area contributed by atoms with Crippen molar-refractivity contribution in [2.45, 2.75) is 46.6 Å². The number of carbonyl (C=O) groups is 1. The molecule has 0 atom stereocenters. The van der Waals surface area contributed by atoms with Gasteiger partial charge < -0.3 is 20.5 Å². The van der Waals surface area contributed by atoms with Crippen LogP contribution in [-0.2, 0) is 13.0 Å². The normalized spacial score (nSPS) is 11.3. The molecule has 7 heteroatoms. The highest BCUT2D eigenvalue weighted by atomic mass is 16.1. The van der Waals surface area contributed by atoms with Crippen molar-refractivity contribution < 1.29 is 4.79 Å². The van der Waals surface area contributed by atoms with Gasteiger partial charge in [0.05, 0.1) is 11.0 Å². The van der Waals surface area contributed by atoms with Gasteiger partial charge in [0.2, 0.25) is 0 Å². The number of carbonyl (C=O) groups excluding carboxylic acids is 1. The topological polar surface area (TPSA) is 89.1 Å². The molecule has 4 aromatic rings. The molecule has 0 aliphatic heterocycles. The number of benzene rings is 2. The highest BCUT2D eigenvalue weighted by molar-refractivity contribution is 6.06. The number of amides is 1. The molecule has 1 amide bonds. The van der Waals surface area contributed by atoms with Gasteiger partial charge in [-0.3, -0.25) is 4.79 Å². The molecule has 4 rings (SSSR count). The fourth-order valence-electron chi connectivity index (χ4n) is 4.53. The molecule has 2 heterocycles. The van der Waals surface area contributed by atoms with Crippen LogP contribution < -0.4 is 16.0 Å². The lowest BCUT2D eigenvalue weighted by Crippen LogP contribution is -2.25. The molecule has 0 radical (unpaired) electrons. The van der Waals surface area contributed by atoms with Crippen molar-refractivity contribution in [1.29, 1.82) is 0 Å². The zero-order valence-electron chi connectivity index (χ0n) is 20.3. The van der Waals surface area contributed by atoms with Gasteiger partial charge in [-0.15, -0.1) is 0 Å². The average molecular weight is 459 g/mol. The van der Waals surface area contributed by atoms with E-state index < -0.39 is 0 Å². The van der Waals surface area contributed by atoms with Gasteiger partial charge in [0.15, 0.2) is 5.82 Å². The molecule has 3 N–H and O–H groups in total. The zero-order chi connectivity index (χ0) is 24.1. The molecular weight excluding hydrogens is 424 g/mol. The second kappa shape index (κ2) is 10.5. The molecule has 0 fully saturated rings. The van der Waals surface area contributed by atoms with E-state index >= 15 is 0 Å². The first-order valence-corrected chi connectivity index (χ1v) is 12.2. The highest BCUT2D eigenvalue weighted by Crippen LogP contribution is 2.29. The van der Waals surface area contributed by atoms with Gasteiger partial charge in [0.1, 0.15) is 11.3 Å². The van der Waals surface area contributed by atoms with E-state index in [0.29, 0.717) is 17.9 Å². The van der Waals surface area contributed by atoms with Crippen molar-refractivity contribution in [3.05, 3.63) is 59.9 Å². The number of pyridine rings is 1. The third-order valence-electron chi connectivity index (χ3n) is 6.36. The van der Waals surface area contributed by atoms with E-state index in [9.17, 15) is 4.79 Å². The number of hydrogen-bond donors (Lipinski definition) is 2. The Bertz CT molecular complexity index is 1270. The Labute approximate surface area is 201 Å². The maximum absolute atomic E-state index is 12.6. The van der Waals surface area contributed by atoms with E-state index in [0.717, 1.165) is 72.3 Å². The second-order valence-electron chi connectivity index (χ2n) is 8.43. The Hall–Kier alpha value is -3.61. The predicted octanol–water partition coefficient (Wildman–Crippen LogP) is 4.79. The van der Waals surface area contributed by atoms with E-state index in [4.69, 9.17) is 10.7 Å². The minimum Gasteiger partial charge on any atom is -0.382 e. The van der Waals surface area contributed by atoms with Gasteiger partial charge in [0.25, 0.3) is 5.91 Å². The molecule has 0 spiro atoms. The Morgan fingerprint density at radius 2 is 1.74 bits per heavy atom. The Balaban J connectivity index is 1.38. The molecular formula is C27H34N6O. The summed E-state index contributed by atoms with van der Waals surface area (Å²) in [4.78, 5) is 24.1. The lowest BCUT2D eigenvalue weighted by atomic mass is 10.1. The van der Waals surface area contributed by atoms with E-state index in [1.165, 1.54) is 0 Å². The van der Waals surface area contributed by atoms with Crippen LogP contribution in [0.4, 0.5) is 11.5 Å². The largest absolute Gasteiger partial charge is 0.382 e. The van der Waals surface area contributed by atoms with Gasteiger partial charge >= 0.3 is 0 Å². The number of aromatic nitrogens is 3. The first-order chi connectivity index (χ1) is 16.6. The number of nitrogens with zero attached hydrogens (tertiary/aromatic N) is 4. The standard InChI is InChI=1S/C27H34N6O/c1-4-23-31-24-25(21-11-7-8-12-22(21)30-26(24)28)33(23)18-10-9-17-29-27(34)19-13-15-20(16-14-19)32(5-2)6-3/h7-8,11-16H,4-6,9-10,17-18H2,1-3H3,(H2,28,30)(H,29,34). The van der Waals surface area contributed by atoms with E-state index in [1.807, 2.05) is 42.5 Å². The molecule has 0 unspecified atom stereocenters. The van der Waals surface area contributed by atoms with Crippen LogP contribution >= 0.6 is 0 Å². The minimum atomic E-state index is -0.0294. The maximum Gasteiger partial charge on any atom is 0.251 e. The second-order valence-corrected chi connectivity index (χ2v) is 8.43. The quantitative estimate of drug-likeness (QED) is 0.334. The lowest BCUT2D eigenvalue weighted by Gasteiger charge is -2.21. The Morgan fingerprint density at radius 1 is 1.00 bits per heavy atom. The van der Waals surface area contributed by atoms with E-state index in [-0.39, 0.29) is 5.91 Å². The van der Waals surface area contributed by atoms with Crippen LogP contribution in [0.25, 0.3) is 21.9 Å². The lowest BCUT2D eigenvalue weighted by molar-refractivity contribution is 0.0953. The number of nitrogens with one attached hydrogen (secondary N) is 1. The SMILES string of the molecule is CCc1nc2c(N)nc3ccccc3c2n1CCCCNC(=O)c1ccc(N(CC)CC)cc1. The predicted molar refractivity (Wildman–Crippen MR) is 140 cm³/mol. The van der Waals surface area contributed by atoms with Crippen molar-refractivity contribution >= 4 is 39.3 Å². The molecule has 0 aliphatic carbocycles. The van der Waals surface area contributed by atoms with Crippen LogP contribution in [-0.4, -0.2) is 40.1 Å². The molecule has 2 aromatic carbocycles. The molecule has 7 nitrogen and oxygen atoms in total. The van der Waals surface area contributed by atoms with Crippen molar-refractivity contribution in [3.63, 3.8) is 0 Å². The van der Waals surface area contributed by atoms with E-state index in [2.05, 4.69) is 46.6 Å². The number of unbranched alkanes of at least 4 members (excludes halogenated alkanes) is 1. The van der Waals surface area contributed by atoms with Crippen molar-refractivity contribution in [2.24, 2.45) is 0 Å². The third kappa shape index (κ3) is 4.69. The molecule has 0 saturated carbocycles. The van der Waals surface area contributed by atoms with Crippen LogP contribution in [0.2, 0.25) is 0 Å². The summed E-state index contributed by atoms with van der Waals surface area (Å²) in [5.74, 6) is 1.46. The summed E-state index contributed by atoms with van der Waals surface area (Å²) < 4.78 is 2.27. The number of aryl methyl sites for hydroxylation is 2. The van der Waals surface area contributed by atoms with Crippen LogP contribution in [0.3, 0.4) is 0 Å². The Morgan fingerprint density at radius 3 is 2.44 bits per heavy atom. The van der Waals surface area contributed by atoms with Gasteiger partial charge in [-0.2, -0.15) is 0 Å². The molecule has 0 saturated heterocycles. The van der Waals surface area contributed by atoms with Gasteiger partial charge in [-0.1, -0.05) is 25.1 Å². The third-order valence-corrected chi connectivity index (χ3v) is 6.36. The first-order valence-electron chi connectivity index (χ1n) is 12.2. The summed E-state index contributed by atoms with van der Waals surface area (Å²) >= 11 is 0. The number of imidazole rings is 1. The first kappa shape index (κ1) is 23.5. The number of para-hydroxylation sites is 1. The van der Waals surface area contributed by atoms with Crippen LogP contribution in [0.15, 0.2) is 48.5 Å². The van der Waals surface area contributed by atoms with Gasteiger partial charge in [-0.25, -0.2) is 9.97 Å². The van der Waals surface area contributed by atoms with Crippen LogP contribution in [0, 0.1) is 0 Å². The number of fused-ring (bicyclic) bond motifs is 3. The maximum atomic E-state index is 12.6. The van der Waals surface area contributed by atoms with Crippen molar-refractivity contribution in [1.82, 2.24) is 19.9 Å². The highest BCUT2D eigenvalue weighted by Gasteiger charge is 2.16. The van der Waals surface area contributed by atoms with Crippen molar-refractivity contribution in [2.75, 3.05) is 30.3 Å². The summed E-state index contributed by atoms with van der Waals surface area (Å²) in [6.07, 6.45) is 2.63. The summed E-state index contributed by atoms with van der Waals surface area (Å²) in [5.41, 5.74) is 10.8. The monoisotopic (exact) mass is 458 g/mol. The molecule has 178 valence electrons. The smallest absolute Gasteiger partial charge is 0.251 e. The molecule has 0 aliphatic rings. The van der Waals surface area contributed by atoms with Crippen LogP contribution in [0.1, 0.15) is 49.8 Å². The molecule has 34 heavy (non-hydrogen) atoms. The van der Waals surface area contributed by atoms with Gasteiger partial charge in [0, 0.05) is 49.2 Å². The average Bonchev–Trinajstić information content (AvgIpc) is 3.24. The Kier molecular flexibility index (Phi) is 7.30. The van der Waals surface area contributed by atoms with Gasteiger partial charge in [-0.05, 0) is 57.0 Å². The number of anilines is 2. The molecule has 0 bridgehead atoms. The number of hydrogen-bond acceptors (Lipinski definition) is 5. The summed E-state index contributed by atoms with van der Waals surface area (Å²) in [7, 11) is 0. The minimum absolute atomic E-state index is 0.0294. The van der Waals surface area contributed by atoms with Crippen LogP contribution in [0.5, 0.6) is 0 Å². The van der Waals surface area contributed by atoms with Crippen molar-refractivity contribution in [3.8, 4) is 0 Å². The fourth-order valence-corrected chi connectivity index (χ4v) is 4.53. The fraction of sp³-hybridized carbons (Fsp3) is 0.370. The number of nitrogens with two attached hydrogens (primary N) is 1. The zero-order valence-corrected chi connectivity index (χ0v) is 20.3. The number of rotatable bonds is 10.